The number of hydrogen-bond acceptors (Lipinski definition) is 3. The van der Waals surface area contributed by atoms with Crippen LogP contribution in [0, 0.1) is 5.82 Å². The summed E-state index contributed by atoms with van der Waals surface area (Å²) < 4.78 is 39.4. The van der Waals surface area contributed by atoms with Gasteiger partial charge < -0.3 is 5.73 Å². The van der Waals surface area contributed by atoms with Crippen LogP contribution in [0.25, 0.3) is 0 Å². The Hall–Kier alpha value is -1.14. The summed E-state index contributed by atoms with van der Waals surface area (Å²) >= 11 is 0. The maximum absolute atomic E-state index is 13.6. The first-order valence-electron chi connectivity index (χ1n) is 5.50. The molecule has 0 spiro atoms. The van der Waals surface area contributed by atoms with Crippen molar-refractivity contribution in [2.24, 2.45) is 0 Å². The largest absolute Gasteiger partial charge is 0.399 e. The zero-order valence-electron chi connectivity index (χ0n) is 9.56. The Balaban J connectivity index is 2.44. The lowest BCUT2D eigenvalue weighted by molar-refractivity contribution is 0.405. The van der Waals surface area contributed by atoms with Crippen molar-refractivity contribution >= 4 is 15.7 Å². The summed E-state index contributed by atoms with van der Waals surface area (Å²) in [6.45, 7) is 2.28. The van der Waals surface area contributed by atoms with Crippen molar-refractivity contribution in [3.63, 3.8) is 0 Å². The average molecular weight is 258 g/mol. The second-order valence-corrected chi connectivity index (χ2v) is 6.16. The molecule has 0 aliphatic carbocycles. The number of anilines is 1. The standard InChI is InChI=1S/C11H15FN2O2S/c1-8-3-2-6-14(8)17(15,16)11-5-4-9(13)7-10(11)12/h4-5,7-8H,2-3,6,13H2,1H3. The van der Waals surface area contributed by atoms with Gasteiger partial charge in [-0.25, -0.2) is 12.8 Å². The van der Waals surface area contributed by atoms with E-state index in [4.69, 9.17) is 5.73 Å². The number of rotatable bonds is 2. The van der Waals surface area contributed by atoms with Crippen LogP contribution in [0.4, 0.5) is 10.1 Å². The normalized spacial score (nSPS) is 21.9. The highest BCUT2D eigenvalue weighted by Gasteiger charge is 2.34. The first-order chi connectivity index (χ1) is 7.93. The summed E-state index contributed by atoms with van der Waals surface area (Å²) in [4.78, 5) is -0.291. The Morgan fingerprint density at radius 1 is 1.47 bits per heavy atom. The number of nitrogens with two attached hydrogens (primary N) is 1. The topological polar surface area (TPSA) is 63.4 Å². The zero-order chi connectivity index (χ0) is 12.6. The summed E-state index contributed by atoms with van der Waals surface area (Å²) in [6, 6.07) is 3.59. The highest BCUT2D eigenvalue weighted by Crippen LogP contribution is 2.27. The smallest absolute Gasteiger partial charge is 0.246 e. The summed E-state index contributed by atoms with van der Waals surface area (Å²) in [5.74, 6) is -0.788. The van der Waals surface area contributed by atoms with E-state index in [0.29, 0.717) is 6.54 Å². The lowest BCUT2D eigenvalue weighted by Gasteiger charge is -2.21. The second kappa shape index (κ2) is 4.27. The molecule has 94 valence electrons. The van der Waals surface area contributed by atoms with Crippen molar-refractivity contribution in [2.45, 2.75) is 30.7 Å². The van der Waals surface area contributed by atoms with Gasteiger partial charge in [-0.2, -0.15) is 4.31 Å². The monoisotopic (exact) mass is 258 g/mol. The van der Waals surface area contributed by atoms with Gasteiger partial charge in [0, 0.05) is 18.3 Å². The van der Waals surface area contributed by atoms with Gasteiger partial charge in [0.05, 0.1) is 0 Å². The van der Waals surface area contributed by atoms with Crippen molar-refractivity contribution in [1.82, 2.24) is 4.31 Å². The van der Waals surface area contributed by atoms with E-state index in [1.807, 2.05) is 6.92 Å². The average Bonchev–Trinajstić information content (AvgIpc) is 2.64. The van der Waals surface area contributed by atoms with Gasteiger partial charge in [-0.05, 0) is 38.0 Å². The van der Waals surface area contributed by atoms with Gasteiger partial charge >= 0.3 is 0 Å². The maximum Gasteiger partial charge on any atom is 0.246 e. The first-order valence-corrected chi connectivity index (χ1v) is 6.94. The predicted molar refractivity (Wildman–Crippen MR) is 63.4 cm³/mol. The summed E-state index contributed by atoms with van der Waals surface area (Å²) in [7, 11) is -3.73. The number of nitrogen functional groups attached to an aromatic ring is 1. The van der Waals surface area contributed by atoms with E-state index >= 15 is 0 Å². The minimum atomic E-state index is -3.73. The fourth-order valence-electron chi connectivity index (χ4n) is 2.12. The molecule has 0 aromatic heterocycles. The van der Waals surface area contributed by atoms with E-state index < -0.39 is 15.8 Å². The predicted octanol–water partition coefficient (Wildman–Crippen LogP) is 1.58. The SMILES string of the molecule is CC1CCCN1S(=O)(=O)c1ccc(N)cc1F. The molecule has 4 nitrogen and oxygen atoms in total. The summed E-state index contributed by atoms with van der Waals surface area (Å²) in [5, 5.41) is 0. The molecule has 1 fully saturated rings. The molecule has 0 radical (unpaired) electrons. The molecular weight excluding hydrogens is 243 g/mol. The molecule has 1 unspecified atom stereocenters. The van der Waals surface area contributed by atoms with Gasteiger partial charge in [-0.3, -0.25) is 0 Å². The van der Waals surface area contributed by atoms with Crippen molar-refractivity contribution < 1.29 is 12.8 Å². The molecule has 0 saturated carbocycles. The van der Waals surface area contributed by atoms with Crippen molar-refractivity contribution in [1.29, 1.82) is 0 Å². The zero-order valence-corrected chi connectivity index (χ0v) is 10.4. The van der Waals surface area contributed by atoms with E-state index in [-0.39, 0.29) is 16.6 Å². The maximum atomic E-state index is 13.6. The minimum Gasteiger partial charge on any atom is -0.399 e. The van der Waals surface area contributed by atoms with Crippen LogP contribution in [0.1, 0.15) is 19.8 Å². The first kappa shape index (κ1) is 12.3. The van der Waals surface area contributed by atoms with Crippen LogP contribution in [0.15, 0.2) is 23.1 Å². The lowest BCUT2D eigenvalue weighted by Crippen LogP contribution is -2.34. The third-order valence-corrected chi connectivity index (χ3v) is 5.08. The van der Waals surface area contributed by atoms with E-state index in [9.17, 15) is 12.8 Å². The van der Waals surface area contributed by atoms with E-state index in [2.05, 4.69) is 0 Å². The van der Waals surface area contributed by atoms with E-state index in [1.54, 1.807) is 0 Å². The van der Waals surface area contributed by atoms with Crippen LogP contribution in [-0.4, -0.2) is 25.3 Å². The van der Waals surface area contributed by atoms with Crippen molar-refractivity contribution in [3.8, 4) is 0 Å². The van der Waals surface area contributed by atoms with Gasteiger partial charge in [0.2, 0.25) is 10.0 Å². The summed E-state index contributed by atoms with van der Waals surface area (Å²) in [5.41, 5.74) is 5.62. The number of hydrogen-bond donors (Lipinski definition) is 1. The third kappa shape index (κ3) is 2.14. The summed E-state index contributed by atoms with van der Waals surface area (Å²) in [6.07, 6.45) is 1.63. The number of halogens is 1. The molecule has 0 bridgehead atoms. The molecule has 2 rings (SSSR count). The fourth-order valence-corrected chi connectivity index (χ4v) is 3.86. The number of benzene rings is 1. The Morgan fingerprint density at radius 2 is 2.18 bits per heavy atom. The Labute approximate surface area is 100 Å². The molecule has 2 N–H and O–H groups in total. The van der Waals surface area contributed by atoms with Gasteiger partial charge in [-0.1, -0.05) is 0 Å². The molecule has 1 aliphatic heterocycles. The molecule has 0 amide bonds. The van der Waals surface area contributed by atoms with Crippen LogP contribution in [0.2, 0.25) is 0 Å². The van der Waals surface area contributed by atoms with Gasteiger partial charge in [0.1, 0.15) is 10.7 Å². The second-order valence-electron chi connectivity index (χ2n) is 4.30. The van der Waals surface area contributed by atoms with Crippen molar-refractivity contribution in [2.75, 3.05) is 12.3 Å². The van der Waals surface area contributed by atoms with Gasteiger partial charge in [0.15, 0.2) is 0 Å². The third-order valence-electron chi connectivity index (χ3n) is 3.03. The molecule has 1 aromatic carbocycles. The quantitative estimate of drug-likeness (QED) is 0.819. The molecule has 1 atom stereocenters. The van der Waals surface area contributed by atoms with Crippen LogP contribution in [0.5, 0.6) is 0 Å². The lowest BCUT2D eigenvalue weighted by atomic mass is 10.3. The number of nitrogens with zero attached hydrogens (tertiary/aromatic N) is 1. The molecule has 1 aromatic rings. The van der Waals surface area contributed by atoms with E-state index in [0.717, 1.165) is 18.9 Å². The Bertz CT molecular complexity index is 530. The van der Waals surface area contributed by atoms with Gasteiger partial charge in [-0.15, -0.1) is 0 Å². The molecule has 1 aliphatic rings. The molecule has 1 saturated heterocycles. The highest BCUT2D eigenvalue weighted by atomic mass is 32.2. The molecule has 17 heavy (non-hydrogen) atoms. The van der Waals surface area contributed by atoms with Gasteiger partial charge in [0.25, 0.3) is 0 Å². The van der Waals surface area contributed by atoms with Crippen LogP contribution >= 0.6 is 0 Å². The van der Waals surface area contributed by atoms with E-state index in [1.165, 1.54) is 16.4 Å². The van der Waals surface area contributed by atoms with Crippen LogP contribution in [-0.2, 0) is 10.0 Å². The van der Waals surface area contributed by atoms with Crippen LogP contribution in [0.3, 0.4) is 0 Å². The molecule has 1 heterocycles. The van der Waals surface area contributed by atoms with Crippen LogP contribution < -0.4 is 5.73 Å². The minimum absolute atomic E-state index is 0.0723. The molecule has 6 heteroatoms. The Morgan fingerprint density at radius 3 is 2.71 bits per heavy atom. The molecular formula is C11H15FN2O2S. The fraction of sp³-hybridized carbons (Fsp3) is 0.455. The Kier molecular flexibility index (Phi) is 3.09. The highest BCUT2D eigenvalue weighted by molar-refractivity contribution is 7.89. The number of sulfonamides is 1. The van der Waals surface area contributed by atoms with Crippen molar-refractivity contribution in [3.05, 3.63) is 24.0 Å².